The molecule has 0 aliphatic heterocycles. The van der Waals surface area contributed by atoms with E-state index in [1.54, 1.807) is 12.3 Å². The van der Waals surface area contributed by atoms with Crippen LogP contribution < -0.4 is 5.73 Å². The molecule has 3 heteroatoms. The monoisotopic (exact) mass is 235 g/mol. The van der Waals surface area contributed by atoms with Gasteiger partial charge in [-0.1, -0.05) is 31.2 Å². The van der Waals surface area contributed by atoms with Gasteiger partial charge in [-0.3, -0.25) is 0 Å². The molecule has 1 heterocycles. The standard InChI is InChI=1S/C13H14ClNO/c1-2-9-3-5-10(6-4-9)12(15)11-7-8-16-13(11)14/h3-8,12H,2,15H2,1H3. The van der Waals surface area contributed by atoms with E-state index in [9.17, 15) is 0 Å². The number of rotatable bonds is 3. The number of hydrogen-bond acceptors (Lipinski definition) is 2. The van der Waals surface area contributed by atoms with Crippen LogP contribution in [0.2, 0.25) is 5.22 Å². The first-order chi connectivity index (χ1) is 7.72. The predicted molar refractivity (Wildman–Crippen MR) is 65.6 cm³/mol. The second kappa shape index (κ2) is 4.73. The molecule has 0 aliphatic carbocycles. The van der Waals surface area contributed by atoms with E-state index < -0.39 is 0 Å². The number of nitrogens with two attached hydrogens (primary N) is 1. The first-order valence-corrected chi connectivity index (χ1v) is 5.67. The summed E-state index contributed by atoms with van der Waals surface area (Å²) in [4.78, 5) is 0. The number of furan rings is 1. The average molecular weight is 236 g/mol. The zero-order chi connectivity index (χ0) is 11.5. The van der Waals surface area contributed by atoms with E-state index in [1.165, 1.54) is 5.56 Å². The van der Waals surface area contributed by atoms with Gasteiger partial charge in [0.05, 0.1) is 12.3 Å². The summed E-state index contributed by atoms with van der Waals surface area (Å²) in [6.07, 6.45) is 2.58. The van der Waals surface area contributed by atoms with Crippen molar-refractivity contribution in [2.75, 3.05) is 0 Å². The minimum Gasteiger partial charge on any atom is -0.453 e. The molecule has 0 spiro atoms. The molecule has 0 saturated carbocycles. The normalized spacial score (nSPS) is 12.7. The summed E-state index contributed by atoms with van der Waals surface area (Å²) in [5.74, 6) is 0. The summed E-state index contributed by atoms with van der Waals surface area (Å²) in [7, 11) is 0. The van der Waals surface area contributed by atoms with Gasteiger partial charge in [0.15, 0.2) is 5.22 Å². The largest absolute Gasteiger partial charge is 0.453 e. The molecule has 16 heavy (non-hydrogen) atoms. The van der Waals surface area contributed by atoms with E-state index in [1.807, 2.05) is 12.1 Å². The molecular formula is C13H14ClNO. The molecule has 2 N–H and O–H groups in total. The number of hydrogen-bond donors (Lipinski definition) is 1. The van der Waals surface area contributed by atoms with Gasteiger partial charge in [-0.25, -0.2) is 0 Å². The lowest BCUT2D eigenvalue weighted by molar-refractivity contribution is 0.564. The third-order valence-electron chi connectivity index (χ3n) is 2.73. The third kappa shape index (κ3) is 2.13. The number of benzene rings is 1. The highest BCUT2D eigenvalue weighted by atomic mass is 35.5. The molecule has 84 valence electrons. The van der Waals surface area contributed by atoms with Crippen LogP contribution in [-0.4, -0.2) is 0 Å². The van der Waals surface area contributed by atoms with E-state index in [0.717, 1.165) is 17.5 Å². The van der Waals surface area contributed by atoms with Gasteiger partial charge in [0.25, 0.3) is 0 Å². The lowest BCUT2D eigenvalue weighted by Crippen LogP contribution is -2.11. The first kappa shape index (κ1) is 11.2. The van der Waals surface area contributed by atoms with Crippen molar-refractivity contribution in [3.05, 3.63) is 58.5 Å². The van der Waals surface area contributed by atoms with Crippen molar-refractivity contribution in [2.24, 2.45) is 5.73 Å². The molecule has 0 bridgehead atoms. The van der Waals surface area contributed by atoms with Gasteiger partial charge in [-0.05, 0) is 35.2 Å². The zero-order valence-corrected chi connectivity index (χ0v) is 9.87. The van der Waals surface area contributed by atoms with Crippen molar-refractivity contribution in [1.29, 1.82) is 0 Å². The van der Waals surface area contributed by atoms with Crippen LogP contribution in [0.3, 0.4) is 0 Å². The molecule has 0 saturated heterocycles. The maximum atomic E-state index is 6.11. The fourth-order valence-corrected chi connectivity index (χ4v) is 1.90. The lowest BCUT2D eigenvalue weighted by Gasteiger charge is -2.11. The van der Waals surface area contributed by atoms with Crippen LogP contribution in [0, 0.1) is 0 Å². The van der Waals surface area contributed by atoms with Gasteiger partial charge < -0.3 is 10.2 Å². The zero-order valence-electron chi connectivity index (χ0n) is 9.11. The van der Waals surface area contributed by atoms with Crippen LogP contribution in [0.1, 0.15) is 29.7 Å². The van der Waals surface area contributed by atoms with E-state index in [-0.39, 0.29) is 6.04 Å². The Balaban J connectivity index is 2.27. The highest BCUT2D eigenvalue weighted by molar-refractivity contribution is 6.29. The summed E-state index contributed by atoms with van der Waals surface area (Å²) in [5.41, 5.74) is 9.28. The van der Waals surface area contributed by atoms with Crippen molar-refractivity contribution in [2.45, 2.75) is 19.4 Å². The molecule has 0 fully saturated rings. The molecule has 1 aromatic carbocycles. The highest BCUT2D eigenvalue weighted by Crippen LogP contribution is 2.27. The Morgan fingerprint density at radius 1 is 1.25 bits per heavy atom. The van der Waals surface area contributed by atoms with Crippen LogP contribution in [0.5, 0.6) is 0 Å². The Labute approximate surface area is 100 Å². The molecular weight excluding hydrogens is 222 g/mol. The van der Waals surface area contributed by atoms with Gasteiger partial charge in [0, 0.05) is 5.56 Å². The van der Waals surface area contributed by atoms with Crippen molar-refractivity contribution in [3.63, 3.8) is 0 Å². The topological polar surface area (TPSA) is 39.2 Å². The predicted octanol–water partition coefficient (Wildman–Crippen LogP) is 3.54. The molecule has 2 nitrogen and oxygen atoms in total. The van der Waals surface area contributed by atoms with E-state index in [0.29, 0.717) is 5.22 Å². The molecule has 0 aliphatic rings. The Hall–Kier alpha value is -1.25. The van der Waals surface area contributed by atoms with Gasteiger partial charge in [-0.15, -0.1) is 0 Å². The smallest absolute Gasteiger partial charge is 0.198 e. The van der Waals surface area contributed by atoms with E-state index >= 15 is 0 Å². The van der Waals surface area contributed by atoms with Crippen LogP contribution in [0.25, 0.3) is 0 Å². The molecule has 2 rings (SSSR count). The van der Waals surface area contributed by atoms with Crippen LogP contribution in [0.15, 0.2) is 41.0 Å². The average Bonchev–Trinajstić information content (AvgIpc) is 2.75. The minimum atomic E-state index is -0.225. The van der Waals surface area contributed by atoms with Crippen molar-refractivity contribution in [1.82, 2.24) is 0 Å². The SMILES string of the molecule is CCc1ccc(C(N)c2ccoc2Cl)cc1. The van der Waals surface area contributed by atoms with Crippen LogP contribution in [-0.2, 0) is 6.42 Å². The van der Waals surface area contributed by atoms with Gasteiger partial charge in [0.2, 0.25) is 0 Å². The third-order valence-corrected chi connectivity index (χ3v) is 3.04. The van der Waals surface area contributed by atoms with E-state index in [2.05, 4.69) is 19.1 Å². The van der Waals surface area contributed by atoms with Crippen molar-refractivity contribution < 1.29 is 4.42 Å². The molecule has 1 unspecified atom stereocenters. The first-order valence-electron chi connectivity index (χ1n) is 5.29. The van der Waals surface area contributed by atoms with Gasteiger partial charge in [0.1, 0.15) is 0 Å². The fraction of sp³-hybridized carbons (Fsp3) is 0.231. The van der Waals surface area contributed by atoms with Crippen molar-refractivity contribution >= 4 is 11.6 Å². The summed E-state index contributed by atoms with van der Waals surface area (Å²) in [6, 6.07) is 9.82. The van der Waals surface area contributed by atoms with Crippen LogP contribution >= 0.6 is 11.6 Å². The van der Waals surface area contributed by atoms with Crippen molar-refractivity contribution in [3.8, 4) is 0 Å². The summed E-state index contributed by atoms with van der Waals surface area (Å²) in [5, 5.41) is 0.368. The Morgan fingerprint density at radius 2 is 1.94 bits per heavy atom. The second-order valence-corrected chi connectivity index (χ2v) is 4.07. The minimum absolute atomic E-state index is 0.225. The van der Waals surface area contributed by atoms with E-state index in [4.69, 9.17) is 21.8 Å². The van der Waals surface area contributed by atoms with Gasteiger partial charge in [-0.2, -0.15) is 0 Å². The summed E-state index contributed by atoms with van der Waals surface area (Å²) >= 11 is 5.90. The molecule has 0 radical (unpaired) electrons. The molecule has 1 aromatic heterocycles. The fourth-order valence-electron chi connectivity index (χ4n) is 1.67. The quantitative estimate of drug-likeness (QED) is 0.884. The Morgan fingerprint density at radius 3 is 2.44 bits per heavy atom. The molecule has 2 aromatic rings. The second-order valence-electron chi connectivity index (χ2n) is 3.72. The molecule has 1 atom stereocenters. The number of halogens is 1. The Kier molecular flexibility index (Phi) is 3.32. The number of aryl methyl sites for hydroxylation is 1. The van der Waals surface area contributed by atoms with Gasteiger partial charge >= 0.3 is 0 Å². The maximum Gasteiger partial charge on any atom is 0.198 e. The lowest BCUT2D eigenvalue weighted by atomic mass is 10.0. The summed E-state index contributed by atoms with van der Waals surface area (Å²) < 4.78 is 5.04. The summed E-state index contributed by atoms with van der Waals surface area (Å²) in [6.45, 7) is 2.13. The van der Waals surface area contributed by atoms with Crippen LogP contribution in [0.4, 0.5) is 0 Å². The Bertz CT molecular complexity index is 461. The maximum absolute atomic E-state index is 6.11. The highest BCUT2D eigenvalue weighted by Gasteiger charge is 2.14. The molecule has 0 amide bonds.